The Balaban J connectivity index is 2.28. The lowest BCUT2D eigenvalue weighted by atomic mass is 10.1. The molecule has 0 saturated heterocycles. The molecule has 1 unspecified atom stereocenters. The van der Waals surface area contributed by atoms with E-state index in [0.717, 1.165) is 15.6 Å². The molecular weight excluding hydrogens is 308 g/mol. The zero-order valence-corrected chi connectivity index (χ0v) is 12.8. The summed E-state index contributed by atoms with van der Waals surface area (Å²) in [5, 5.41) is 3.96. The average molecular weight is 325 g/mol. The van der Waals surface area contributed by atoms with Crippen molar-refractivity contribution in [1.82, 2.24) is 15.0 Å². The van der Waals surface area contributed by atoms with Crippen molar-refractivity contribution in [1.29, 1.82) is 0 Å². The third kappa shape index (κ3) is 3.20. The number of benzene rings is 1. The van der Waals surface area contributed by atoms with Crippen molar-refractivity contribution in [2.75, 3.05) is 20.6 Å². The van der Waals surface area contributed by atoms with Crippen molar-refractivity contribution in [2.45, 2.75) is 13.0 Å². The van der Waals surface area contributed by atoms with Gasteiger partial charge in [-0.15, -0.1) is 0 Å². The predicted molar refractivity (Wildman–Crippen MR) is 77.7 cm³/mol. The first kappa shape index (κ1) is 14.2. The van der Waals surface area contributed by atoms with E-state index in [0.29, 0.717) is 18.3 Å². The third-order valence-electron chi connectivity index (χ3n) is 2.76. The molecule has 1 heterocycles. The second kappa shape index (κ2) is 5.81. The van der Waals surface area contributed by atoms with Crippen molar-refractivity contribution in [3.8, 4) is 11.5 Å². The second-order valence-electron chi connectivity index (χ2n) is 4.76. The second-order valence-corrected chi connectivity index (χ2v) is 5.56. The molecule has 0 radical (unpaired) electrons. The highest BCUT2D eigenvalue weighted by Crippen LogP contribution is 2.29. The average Bonchev–Trinajstić information content (AvgIpc) is 2.81. The first-order valence-corrected chi connectivity index (χ1v) is 6.77. The molecule has 6 heteroatoms. The highest BCUT2D eigenvalue weighted by atomic mass is 79.9. The third-order valence-corrected chi connectivity index (χ3v) is 3.81. The Morgan fingerprint density at radius 3 is 2.84 bits per heavy atom. The highest BCUT2D eigenvalue weighted by molar-refractivity contribution is 9.10. The van der Waals surface area contributed by atoms with Crippen LogP contribution in [0.2, 0.25) is 0 Å². The van der Waals surface area contributed by atoms with Crippen molar-refractivity contribution >= 4 is 15.9 Å². The van der Waals surface area contributed by atoms with Crippen LogP contribution in [0.5, 0.6) is 0 Å². The van der Waals surface area contributed by atoms with Crippen molar-refractivity contribution in [3.63, 3.8) is 0 Å². The molecule has 0 amide bonds. The minimum atomic E-state index is -0.254. The molecule has 1 atom stereocenters. The van der Waals surface area contributed by atoms with Crippen LogP contribution in [0.25, 0.3) is 11.5 Å². The van der Waals surface area contributed by atoms with Crippen LogP contribution in [-0.4, -0.2) is 35.7 Å². The van der Waals surface area contributed by atoms with E-state index < -0.39 is 0 Å². The summed E-state index contributed by atoms with van der Waals surface area (Å²) in [6.07, 6.45) is 0. The van der Waals surface area contributed by atoms with Crippen molar-refractivity contribution < 1.29 is 4.52 Å². The fourth-order valence-electron chi connectivity index (χ4n) is 1.78. The molecule has 0 spiro atoms. The normalized spacial score (nSPS) is 12.9. The Morgan fingerprint density at radius 2 is 2.16 bits per heavy atom. The Bertz CT molecular complexity index is 568. The van der Waals surface area contributed by atoms with Gasteiger partial charge in [0.15, 0.2) is 5.82 Å². The van der Waals surface area contributed by atoms with E-state index >= 15 is 0 Å². The first-order valence-electron chi connectivity index (χ1n) is 5.98. The molecule has 0 aliphatic heterocycles. The van der Waals surface area contributed by atoms with Crippen LogP contribution in [0.1, 0.15) is 17.4 Å². The fourth-order valence-corrected chi connectivity index (χ4v) is 2.22. The maximum atomic E-state index is 6.02. The summed E-state index contributed by atoms with van der Waals surface area (Å²) < 4.78 is 6.26. The van der Waals surface area contributed by atoms with Gasteiger partial charge in [0.25, 0.3) is 5.89 Å². The largest absolute Gasteiger partial charge is 0.334 e. The number of aromatic nitrogens is 2. The van der Waals surface area contributed by atoms with Gasteiger partial charge in [0.2, 0.25) is 0 Å². The monoisotopic (exact) mass is 324 g/mol. The summed E-state index contributed by atoms with van der Waals surface area (Å²) in [5.74, 6) is 1.01. The minimum absolute atomic E-state index is 0.254. The quantitative estimate of drug-likeness (QED) is 0.935. The van der Waals surface area contributed by atoms with Crippen LogP contribution < -0.4 is 5.73 Å². The summed E-state index contributed by atoms with van der Waals surface area (Å²) in [6.45, 7) is 2.69. The number of nitrogens with zero attached hydrogens (tertiary/aromatic N) is 3. The zero-order chi connectivity index (χ0) is 14.0. The Kier molecular flexibility index (Phi) is 4.34. The van der Waals surface area contributed by atoms with Gasteiger partial charge < -0.3 is 15.2 Å². The molecule has 2 N–H and O–H groups in total. The Morgan fingerprint density at radius 1 is 1.42 bits per heavy atom. The zero-order valence-electron chi connectivity index (χ0n) is 11.2. The van der Waals surface area contributed by atoms with Gasteiger partial charge in [0.05, 0.1) is 11.6 Å². The first-order chi connectivity index (χ1) is 8.99. The number of rotatable bonds is 4. The van der Waals surface area contributed by atoms with Gasteiger partial charge in [-0.2, -0.15) is 4.98 Å². The topological polar surface area (TPSA) is 68.2 Å². The molecule has 0 fully saturated rings. The lowest BCUT2D eigenvalue weighted by Crippen LogP contribution is -2.26. The van der Waals surface area contributed by atoms with E-state index in [2.05, 4.69) is 26.1 Å². The summed E-state index contributed by atoms with van der Waals surface area (Å²) in [7, 11) is 3.91. The Labute approximate surface area is 120 Å². The minimum Gasteiger partial charge on any atom is -0.334 e. The number of hydrogen-bond acceptors (Lipinski definition) is 5. The molecule has 102 valence electrons. The van der Waals surface area contributed by atoms with Gasteiger partial charge in [-0.3, -0.25) is 0 Å². The molecule has 5 nitrogen and oxygen atoms in total. The van der Waals surface area contributed by atoms with Gasteiger partial charge in [-0.1, -0.05) is 17.3 Å². The highest BCUT2D eigenvalue weighted by Gasteiger charge is 2.17. The number of nitrogens with two attached hydrogens (primary N) is 1. The molecule has 2 aromatic rings. The van der Waals surface area contributed by atoms with Crippen molar-refractivity contribution in [3.05, 3.63) is 34.1 Å². The van der Waals surface area contributed by atoms with Crippen LogP contribution in [0.15, 0.2) is 27.2 Å². The maximum Gasteiger partial charge on any atom is 0.259 e. The van der Waals surface area contributed by atoms with E-state index in [1.165, 1.54) is 0 Å². The summed E-state index contributed by atoms with van der Waals surface area (Å²) in [4.78, 5) is 6.37. The van der Waals surface area contributed by atoms with Gasteiger partial charge in [-0.05, 0) is 48.6 Å². The van der Waals surface area contributed by atoms with E-state index in [9.17, 15) is 0 Å². The molecule has 2 rings (SSSR count). The standard InChI is InChI=1S/C13H17BrN4O/c1-8-5-4-6-9(11(8)14)13-16-12(17-19-13)10(15)7-18(2)3/h4-6,10H,7,15H2,1-3H3. The van der Waals surface area contributed by atoms with Crippen LogP contribution in [-0.2, 0) is 0 Å². The van der Waals surface area contributed by atoms with Gasteiger partial charge in [0, 0.05) is 11.0 Å². The SMILES string of the molecule is Cc1cccc(-c2nc(C(N)CN(C)C)no2)c1Br. The number of likely N-dealkylation sites (N-methyl/N-ethyl adjacent to an activating group) is 1. The summed E-state index contributed by atoms with van der Waals surface area (Å²) in [6, 6.07) is 5.66. The van der Waals surface area contributed by atoms with E-state index in [1.54, 1.807) is 0 Å². The number of hydrogen-bond donors (Lipinski definition) is 1. The molecule has 0 bridgehead atoms. The lowest BCUT2D eigenvalue weighted by molar-refractivity contribution is 0.357. The molecule has 1 aromatic carbocycles. The van der Waals surface area contributed by atoms with Gasteiger partial charge >= 0.3 is 0 Å². The maximum absolute atomic E-state index is 6.02. The molecule has 0 saturated carbocycles. The summed E-state index contributed by atoms with van der Waals surface area (Å²) in [5.41, 5.74) is 8.02. The van der Waals surface area contributed by atoms with Gasteiger partial charge in [0.1, 0.15) is 0 Å². The molecule has 19 heavy (non-hydrogen) atoms. The van der Waals surface area contributed by atoms with Crippen LogP contribution >= 0.6 is 15.9 Å². The Hall–Kier alpha value is -1.24. The smallest absolute Gasteiger partial charge is 0.259 e. The molecular formula is C13H17BrN4O. The van der Waals surface area contributed by atoms with Crippen LogP contribution in [0, 0.1) is 6.92 Å². The lowest BCUT2D eigenvalue weighted by Gasteiger charge is -2.12. The van der Waals surface area contributed by atoms with E-state index in [-0.39, 0.29) is 6.04 Å². The predicted octanol–water partition coefficient (Wildman–Crippen LogP) is 2.37. The number of halogens is 1. The molecule has 0 aliphatic rings. The van der Waals surface area contributed by atoms with Crippen LogP contribution in [0.3, 0.4) is 0 Å². The van der Waals surface area contributed by atoms with Crippen LogP contribution in [0.4, 0.5) is 0 Å². The van der Waals surface area contributed by atoms with E-state index in [1.807, 2.05) is 44.1 Å². The molecule has 1 aromatic heterocycles. The summed E-state index contributed by atoms with van der Waals surface area (Å²) >= 11 is 3.54. The number of aryl methyl sites for hydroxylation is 1. The van der Waals surface area contributed by atoms with Crippen molar-refractivity contribution in [2.24, 2.45) is 5.73 Å². The van der Waals surface area contributed by atoms with E-state index in [4.69, 9.17) is 10.3 Å². The molecule has 0 aliphatic carbocycles. The fraction of sp³-hybridized carbons (Fsp3) is 0.385. The van der Waals surface area contributed by atoms with Gasteiger partial charge in [-0.25, -0.2) is 0 Å².